The molecule has 1 aliphatic rings. The van der Waals surface area contributed by atoms with Crippen molar-refractivity contribution in [1.29, 1.82) is 0 Å². The molecular formula is C19H17N5O. The molecule has 0 saturated carbocycles. The molecule has 4 aromatic rings. The van der Waals surface area contributed by atoms with E-state index in [0.29, 0.717) is 11.8 Å². The van der Waals surface area contributed by atoms with Crippen LogP contribution in [-0.2, 0) is 6.42 Å². The van der Waals surface area contributed by atoms with Crippen molar-refractivity contribution in [3.8, 4) is 22.6 Å². The first-order valence-electron chi connectivity index (χ1n) is 8.44. The van der Waals surface area contributed by atoms with Gasteiger partial charge < -0.3 is 9.73 Å². The Morgan fingerprint density at radius 2 is 1.80 bits per heavy atom. The first-order valence-corrected chi connectivity index (χ1v) is 8.44. The number of hydrogen-bond donors (Lipinski definition) is 1. The smallest absolute Gasteiger partial charge is 0.247 e. The largest absolute Gasteiger partial charge is 0.421 e. The molecule has 0 aliphatic carbocycles. The highest BCUT2D eigenvalue weighted by atomic mass is 16.4. The number of anilines is 1. The van der Waals surface area contributed by atoms with Gasteiger partial charge >= 0.3 is 0 Å². The summed E-state index contributed by atoms with van der Waals surface area (Å²) in [6.45, 7) is 2.79. The zero-order valence-corrected chi connectivity index (χ0v) is 13.9. The van der Waals surface area contributed by atoms with Crippen LogP contribution in [0.1, 0.15) is 18.0 Å². The SMILES string of the molecule is Cc1nnc(-c2ccc(-c3ccc4nc5c(n4c3)NCCC5)cc2)o1. The van der Waals surface area contributed by atoms with Crippen LogP contribution in [0.5, 0.6) is 0 Å². The van der Waals surface area contributed by atoms with E-state index in [4.69, 9.17) is 9.40 Å². The molecule has 0 radical (unpaired) electrons. The summed E-state index contributed by atoms with van der Waals surface area (Å²) in [5.74, 6) is 2.25. The minimum atomic E-state index is 0.549. The Hall–Kier alpha value is -3.15. The molecule has 25 heavy (non-hydrogen) atoms. The third-order valence-corrected chi connectivity index (χ3v) is 4.56. The Morgan fingerprint density at radius 3 is 2.60 bits per heavy atom. The van der Waals surface area contributed by atoms with Crippen molar-refractivity contribution in [2.45, 2.75) is 19.8 Å². The van der Waals surface area contributed by atoms with Gasteiger partial charge in [-0.05, 0) is 48.2 Å². The highest BCUT2D eigenvalue weighted by Crippen LogP contribution is 2.28. The van der Waals surface area contributed by atoms with Gasteiger partial charge in [0.05, 0.1) is 5.69 Å². The molecule has 1 N–H and O–H groups in total. The van der Waals surface area contributed by atoms with Crippen LogP contribution in [0.25, 0.3) is 28.2 Å². The Balaban J connectivity index is 1.54. The van der Waals surface area contributed by atoms with Crippen LogP contribution in [0.3, 0.4) is 0 Å². The third-order valence-electron chi connectivity index (χ3n) is 4.56. The fourth-order valence-electron chi connectivity index (χ4n) is 3.31. The monoisotopic (exact) mass is 331 g/mol. The lowest BCUT2D eigenvalue weighted by Crippen LogP contribution is -2.12. The predicted octanol–water partition coefficient (Wildman–Crippen LogP) is 3.72. The van der Waals surface area contributed by atoms with Crippen LogP contribution in [0, 0.1) is 6.92 Å². The second-order valence-electron chi connectivity index (χ2n) is 6.29. The summed E-state index contributed by atoms with van der Waals surface area (Å²) in [6.07, 6.45) is 4.32. The van der Waals surface area contributed by atoms with Crippen molar-refractivity contribution in [1.82, 2.24) is 19.6 Å². The molecule has 4 heterocycles. The molecule has 0 amide bonds. The van der Waals surface area contributed by atoms with E-state index in [0.717, 1.165) is 53.2 Å². The van der Waals surface area contributed by atoms with Gasteiger partial charge in [0.2, 0.25) is 11.8 Å². The zero-order chi connectivity index (χ0) is 16.8. The van der Waals surface area contributed by atoms with Crippen LogP contribution in [0.4, 0.5) is 5.82 Å². The molecule has 5 rings (SSSR count). The molecule has 1 aliphatic heterocycles. The number of imidazole rings is 1. The quantitative estimate of drug-likeness (QED) is 0.606. The molecule has 0 unspecified atom stereocenters. The number of fused-ring (bicyclic) bond motifs is 3. The number of hydrogen-bond acceptors (Lipinski definition) is 5. The standard InChI is InChI=1S/C19H17N5O/c1-12-22-23-19(25-12)14-6-4-13(5-7-14)15-8-9-17-21-16-3-2-10-20-18(16)24(17)11-15/h4-9,11,20H,2-3,10H2,1H3. The summed E-state index contributed by atoms with van der Waals surface area (Å²) in [4.78, 5) is 4.72. The lowest BCUT2D eigenvalue weighted by Gasteiger charge is -2.13. The predicted molar refractivity (Wildman–Crippen MR) is 95.5 cm³/mol. The van der Waals surface area contributed by atoms with Crippen molar-refractivity contribution < 1.29 is 4.42 Å². The van der Waals surface area contributed by atoms with E-state index in [9.17, 15) is 0 Å². The van der Waals surface area contributed by atoms with Crippen molar-refractivity contribution in [3.63, 3.8) is 0 Å². The maximum absolute atomic E-state index is 5.48. The van der Waals surface area contributed by atoms with E-state index in [1.165, 1.54) is 0 Å². The van der Waals surface area contributed by atoms with Gasteiger partial charge in [-0.2, -0.15) is 0 Å². The number of rotatable bonds is 2. The van der Waals surface area contributed by atoms with Gasteiger partial charge in [0.1, 0.15) is 11.5 Å². The lowest BCUT2D eigenvalue weighted by molar-refractivity contribution is 0.533. The summed E-state index contributed by atoms with van der Waals surface area (Å²) in [5.41, 5.74) is 5.35. The molecule has 124 valence electrons. The highest BCUT2D eigenvalue weighted by Gasteiger charge is 2.16. The van der Waals surface area contributed by atoms with E-state index in [1.54, 1.807) is 6.92 Å². The van der Waals surface area contributed by atoms with Gasteiger partial charge in [-0.15, -0.1) is 10.2 Å². The lowest BCUT2D eigenvalue weighted by atomic mass is 10.1. The van der Waals surface area contributed by atoms with Crippen molar-refractivity contribution in [2.75, 3.05) is 11.9 Å². The summed E-state index contributed by atoms with van der Waals surface area (Å²) < 4.78 is 7.63. The van der Waals surface area contributed by atoms with Gasteiger partial charge in [0.15, 0.2) is 0 Å². The average molecular weight is 331 g/mol. The fourth-order valence-corrected chi connectivity index (χ4v) is 3.31. The Morgan fingerprint density at radius 1 is 1.00 bits per heavy atom. The van der Waals surface area contributed by atoms with Crippen molar-refractivity contribution in [2.24, 2.45) is 0 Å². The van der Waals surface area contributed by atoms with Gasteiger partial charge in [0, 0.05) is 25.2 Å². The maximum Gasteiger partial charge on any atom is 0.247 e. The van der Waals surface area contributed by atoms with E-state index in [-0.39, 0.29) is 0 Å². The van der Waals surface area contributed by atoms with E-state index in [1.807, 2.05) is 12.1 Å². The molecule has 6 nitrogen and oxygen atoms in total. The van der Waals surface area contributed by atoms with E-state index in [2.05, 4.69) is 50.4 Å². The number of nitrogens with zero attached hydrogens (tertiary/aromatic N) is 4. The Bertz CT molecular complexity index is 1060. The van der Waals surface area contributed by atoms with Crippen molar-refractivity contribution >= 4 is 11.5 Å². The normalized spacial score (nSPS) is 13.6. The highest BCUT2D eigenvalue weighted by molar-refractivity contribution is 5.69. The number of nitrogens with one attached hydrogen (secondary N) is 1. The van der Waals surface area contributed by atoms with E-state index < -0.39 is 0 Å². The summed E-state index contributed by atoms with van der Waals surface area (Å²) in [5, 5.41) is 11.4. The van der Waals surface area contributed by atoms with Crippen molar-refractivity contribution in [3.05, 3.63) is 54.2 Å². The van der Waals surface area contributed by atoms with Gasteiger partial charge in [-0.3, -0.25) is 4.40 Å². The van der Waals surface area contributed by atoms with Crippen LogP contribution in [-0.4, -0.2) is 26.1 Å². The molecule has 1 aromatic carbocycles. The molecular weight excluding hydrogens is 314 g/mol. The number of aryl methyl sites for hydroxylation is 2. The Kier molecular flexibility index (Phi) is 3.09. The van der Waals surface area contributed by atoms with Crippen LogP contribution in [0.2, 0.25) is 0 Å². The van der Waals surface area contributed by atoms with Crippen LogP contribution < -0.4 is 5.32 Å². The first-order chi connectivity index (χ1) is 12.3. The zero-order valence-electron chi connectivity index (χ0n) is 13.9. The molecule has 3 aromatic heterocycles. The third kappa shape index (κ3) is 2.38. The minimum absolute atomic E-state index is 0.549. The second-order valence-corrected chi connectivity index (χ2v) is 6.29. The van der Waals surface area contributed by atoms with Gasteiger partial charge in [0.25, 0.3) is 0 Å². The maximum atomic E-state index is 5.48. The summed E-state index contributed by atoms with van der Waals surface area (Å²) >= 11 is 0. The Labute approximate surface area is 144 Å². The van der Waals surface area contributed by atoms with Gasteiger partial charge in [-0.1, -0.05) is 12.1 Å². The molecule has 0 bridgehead atoms. The number of pyridine rings is 1. The number of aromatic nitrogens is 4. The first kappa shape index (κ1) is 14.2. The fraction of sp³-hybridized carbons (Fsp3) is 0.211. The van der Waals surface area contributed by atoms with Crippen LogP contribution >= 0.6 is 0 Å². The molecule has 0 fully saturated rings. The van der Waals surface area contributed by atoms with E-state index >= 15 is 0 Å². The topological polar surface area (TPSA) is 68.2 Å². The minimum Gasteiger partial charge on any atom is -0.421 e. The second kappa shape index (κ2) is 5.44. The van der Waals surface area contributed by atoms with Gasteiger partial charge in [-0.25, -0.2) is 4.98 Å². The van der Waals surface area contributed by atoms with Crippen LogP contribution in [0.15, 0.2) is 47.0 Å². The summed E-state index contributed by atoms with van der Waals surface area (Å²) in [7, 11) is 0. The summed E-state index contributed by atoms with van der Waals surface area (Å²) in [6, 6.07) is 12.4. The average Bonchev–Trinajstić information content (AvgIpc) is 3.25. The molecule has 6 heteroatoms. The molecule has 0 saturated heterocycles. The molecule has 0 atom stereocenters. The molecule has 0 spiro atoms. The number of benzene rings is 1.